The van der Waals surface area contributed by atoms with Crippen molar-refractivity contribution >= 4 is 23.2 Å². The number of anilines is 2. The molecule has 2 amide bonds. The third-order valence-corrected chi connectivity index (χ3v) is 4.22. The molecule has 0 spiro atoms. The van der Waals surface area contributed by atoms with Crippen molar-refractivity contribution in [3.05, 3.63) is 48.5 Å². The van der Waals surface area contributed by atoms with E-state index in [2.05, 4.69) is 5.32 Å². The summed E-state index contributed by atoms with van der Waals surface area (Å²) in [6, 6.07) is 14.3. The summed E-state index contributed by atoms with van der Waals surface area (Å²) in [6.07, 6.45) is 2.58. The van der Waals surface area contributed by atoms with Crippen LogP contribution in [0.1, 0.15) is 19.3 Å². The van der Waals surface area contributed by atoms with Gasteiger partial charge in [0.15, 0.2) is 6.61 Å². The van der Waals surface area contributed by atoms with Gasteiger partial charge in [0, 0.05) is 24.3 Å². The molecule has 1 aliphatic heterocycles. The van der Waals surface area contributed by atoms with Crippen LogP contribution in [0, 0.1) is 0 Å². The average molecular weight is 354 g/mol. The molecule has 0 atom stereocenters. The number of carbonyl (C=O) groups is 2. The second-order valence-electron chi connectivity index (χ2n) is 6.06. The van der Waals surface area contributed by atoms with Crippen LogP contribution in [0.25, 0.3) is 0 Å². The minimum absolute atomic E-state index is 0.0846. The number of ether oxygens (including phenoxy) is 2. The summed E-state index contributed by atoms with van der Waals surface area (Å²) < 4.78 is 10.5. The SMILES string of the molecule is COc1ccc(OCC(=O)Nc2ccc(N3CCCCC3=O)cc2)cc1. The van der Waals surface area contributed by atoms with Crippen molar-refractivity contribution in [2.75, 3.05) is 30.5 Å². The van der Waals surface area contributed by atoms with Gasteiger partial charge < -0.3 is 19.7 Å². The van der Waals surface area contributed by atoms with Crippen LogP contribution in [0.3, 0.4) is 0 Å². The lowest BCUT2D eigenvalue weighted by atomic mass is 10.1. The maximum atomic E-state index is 12.0. The highest BCUT2D eigenvalue weighted by atomic mass is 16.5. The van der Waals surface area contributed by atoms with Crippen LogP contribution >= 0.6 is 0 Å². The largest absolute Gasteiger partial charge is 0.497 e. The Hall–Kier alpha value is -3.02. The number of piperidine rings is 1. The summed E-state index contributed by atoms with van der Waals surface area (Å²) in [4.78, 5) is 25.8. The highest BCUT2D eigenvalue weighted by molar-refractivity contribution is 5.95. The molecule has 136 valence electrons. The summed E-state index contributed by atoms with van der Waals surface area (Å²) in [6.45, 7) is 0.666. The van der Waals surface area contributed by atoms with Crippen molar-refractivity contribution in [1.29, 1.82) is 0 Å². The molecule has 0 unspecified atom stereocenters. The van der Waals surface area contributed by atoms with Crippen molar-refractivity contribution in [2.45, 2.75) is 19.3 Å². The number of hydrogen-bond donors (Lipinski definition) is 1. The number of amides is 2. The summed E-state index contributed by atoms with van der Waals surface area (Å²) in [5.74, 6) is 1.23. The molecule has 6 nitrogen and oxygen atoms in total. The van der Waals surface area contributed by atoms with Crippen molar-refractivity contribution in [3.8, 4) is 11.5 Å². The minimum atomic E-state index is -0.248. The van der Waals surface area contributed by atoms with Gasteiger partial charge in [0.25, 0.3) is 5.91 Å². The molecule has 1 heterocycles. The summed E-state index contributed by atoms with van der Waals surface area (Å²) >= 11 is 0. The second kappa shape index (κ2) is 8.38. The molecule has 2 aromatic rings. The Bertz CT molecular complexity index is 756. The summed E-state index contributed by atoms with van der Waals surface area (Å²) in [7, 11) is 1.59. The van der Waals surface area contributed by atoms with Crippen LogP contribution in [0.4, 0.5) is 11.4 Å². The van der Waals surface area contributed by atoms with E-state index in [0.29, 0.717) is 17.9 Å². The molecule has 1 saturated heterocycles. The van der Waals surface area contributed by atoms with Crippen LogP contribution in [0.2, 0.25) is 0 Å². The first kappa shape index (κ1) is 17.8. The normalized spacial score (nSPS) is 14.0. The second-order valence-corrected chi connectivity index (χ2v) is 6.06. The van der Waals surface area contributed by atoms with Crippen molar-refractivity contribution in [3.63, 3.8) is 0 Å². The molecule has 0 bridgehead atoms. The molecule has 0 aromatic heterocycles. The van der Waals surface area contributed by atoms with Crippen molar-refractivity contribution < 1.29 is 19.1 Å². The minimum Gasteiger partial charge on any atom is -0.497 e. The lowest BCUT2D eigenvalue weighted by Gasteiger charge is -2.26. The zero-order valence-electron chi connectivity index (χ0n) is 14.7. The smallest absolute Gasteiger partial charge is 0.262 e. The van der Waals surface area contributed by atoms with E-state index in [-0.39, 0.29) is 18.4 Å². The molecule has 2 aromatic carbocycles. The Morgan fingerprint density at radius 2 is 1.73 bits per heavy atom. The number of carbonyl (C=O) groups excluding carboxylic acids is 2. The summed E-state index contributed by atoms with van der Waals surface area (Å²) in [5, 5.41) is 2.78. The van der Waals surface area contributed by atoms with E-state index >= 15 is 0 Å². The van der Waals surface area contributed by atoms with E-state index in [1.807, 2.05) is 12.1 Å². The molecule has 6 heteroatoms. The maximum Gasteiger partial charge on any atom is 0.262 e. The maximum absolute atomic E-state index is 12.0. The number of methoxy groups -OCH3 is 1. The van der Waals surface area contributed by atoms with Crippen LogP contribution in [0.15, 0.2) is 48.5 Å². The Kier molecular flexibility index (Phi) is 5.73. The first-order chi connectivity index (χ1) is 12.7. The quantitative estimate of drug-likeness (QED) is 0.865. The van der Waals surface area contributed by atoms with Crippen LogP contribution in [-0.4, -0.2) is 32.1 Å². The lowest BCUT2D eigenvalue weighted by Crippen LogP contribution is -2.35. The molecule has 0 radical (unpaired) electrons. The highest BCUT2D eigenvalue weighted by Crippen LogP contribution is 2.23. The van der Waals surface area contributed by atoms with Crippen LogP contribution in [-0.2, 0) is 9.59 Å². The lowest BCUT2D eigenvalue weighted by molar-refractivity contribution is -0.119. The van der Waals surface area contributed by atoms with Gasteiger partial charge in [-0.3, -0.25) is 9.59 Å². The number of benzene rings is 2. The number of hydrogen-bond acceptors (Lipinski definition) is 4. The van der Waals surface area contributed by atoms with Gasteiger partial charge in [-0.25, -0.2) is 0 Å². The third-order valence-electron chi connectivity index (χ3n) is 4.22. The third kappa shape index (κ3) is 4.53. The Morgan fingerprint density at radius 1 is 1.04 bits per heavy atom. The van der Waals surface area contributed by atoms with Gasteiger partial charge in [-0.15, -0.1) is 0 Å². The van der Waals surface area contributed by atoms with E-state index in [1.54, 1.807) is 48.4 Å². The van der Waals surface area contributed by atoms with E-state index in [1.165, 1.54) is 0 Å². The van der Waals surface area contributed by atoms with Crippen LogP contribution < -0.4 is 19.7 Å². The van der Waals surface area contributed by atoms with Gasteiger partial charge in [-0.05, 0) is 61.4 Å². The molecule has 1 N–H and O–H groups in total. The van der Waals surface area contributed by atoms with E-state index in [0.717, 1.165) is 30.8 Å². The Balaban J connectivity index is 1.51. The highest BCUT2D eigenvalue weighted by Gasteiger charge is 2.19. The Morgan fingerprint density at radius 3 is 2.38 bits per heavy atom. The zero-order valence-corrected chi connectivity index (χ0v) is 14.7. The topological polar surface area (TPSA) is 67.9 Å². The number of nitrogens with zero attached hydrogens (tertiary/aromatic N) is 1. The first-order valence-electron chi connectivity index (χ1n) is 8.63. The van der Waals surface area contributed by atoms with Crippen LogP contribution in [0.5, 0.6) is 11.5 Å². The molecule has 0 saturated carbocycles. The van der Waals surface area contributed by atoms with Gasteiger partial charge >= 0.3 is 0 Å². The predicted octanol–water partition coefficient (Wildman–Crippen LogP) is 3.23. The van der Waals surface area contributed by atoms with Crippen molar-refractivity contribution in [1.82, 2.24) is 0 Å². The fraction of sp³-hybridized carbons (Fsp3) is 0.300. The molecule has 0 aliphatic carbocycles. The predicted molar refractivity (Wildman–Crippen MR) is 99.8 cm³/mol. The Labute approximate surface area is 152 Å². The monoisotopic (exact) mass is 354 g/mol. The van der Waals surface area contributed by atoms with E-state index in [9.17, 15) is 9.59 Å². The molecule has 26 heavy (non-hydrogen) atoms. The molecule has 1 fully saturated rings. The van der Waals surface area contributed by atoms with E-state index in [4.69, 9.17) is 9.47 Å². The zero-order chi connectivity index (χ0) is 18.4. The van der Waals surface area contributed by atoms with Gasteiger partial charge in [0.2, 0.25) is 5.91 Å². The van der Waals surface area contributed by atoms with Gasteiger partial charge in [-0.1, -0.05) is 0 Å². The molecule has 3 rings (SSSR count). The van der Waals surface area contributed by atoms with Crippen molar-refractivity contribution in [2.24, 2.45) is 0 Å². The molecular weight excluding hydrogens is 332 g/mol. The fourth-order valence-corrected chi connectivity index (χ4v) is 2.82. The molecular formula is C20H22N2O4. The standard InChI is InChI=1S/C20H22N2O4/c1-25-17-9-11-18(12-10-17)26-14-19(23)21-15-5-7-16(8-6-15)22-13-3-2-4-20(22)24/h5-12H,2-4,13-14H2,1H3,(H,21,23). The van der Waals surface area contributed by atoms with Gasteiger partial charge in [-0.2, -0.15) is 0 Å². The molecule has 1 aliphatic rings. The van der Waals surface area contributed by atoms with E-state index < -0.39 is 0 Å². The average Bonchev–Trinajstić information content (AvgIpc) is 2.68. The summed E-state index contributed by atoms with van der Waals surface area (Å²) in [5.41, 5.74) is 1.53. The number of nitrogens with one attached hydrogen (secondary N) is 1. The van der Waals surface area contributed by atoms with Gasteiger partial charge in [0.1, 0.15) is 11.5 Å². The van der Waals surface area contributed by atoms with Gasteiger partial charge in [0.05, 0.1) is 7.11 Å². The first-order valence-corrected chi connectivity index (χ1v) is 8.63. The fourth-order valence-electron chi connectivity index (χ4n) is 2.82. The number of rotatable bonds is 6.